The Labute approximate surface area is 124 Å². The Bertz CT molecular complexity index is 504. The van der Waals surface area contributed by atoms with Crippen LogP contribution in [0.25, 0.3) is 0 Å². The number of likely N-dealkylation sites (tertiary alicyclic amines) is 2. The topological polar surface area (TPSA) is 53.8 Å². The average molecular weight is 290 g/mol. The Kier molecular flexibility index (Phi) is 3.99. The first-order chi connectivity index (χ1) is 10.1. The molecule has 21 heavy (non-hydrogen) atoms. The first-order valence-electron chi connectivity index (χ1n) is 7.72. The summed E-state index contributed by atoms with van der Waals surface area (Å²) in [5.41, 5.74) is 0. The molecule has 114 valence electrons. The summed E-state index contributed by atoms with van der Waals surface area (Å²) in [6.07, 6.45) is 4.09. The fraction of sp³-hybridized carbons (Fsp3) is 0.625. The fourth-order valence-corrected chi connectivity index (χ4v) is 3.17. The van der Waals surface area contributed by atoms with Gasteiger partial charge in [-0.05, 0) is 30.9 Å². The van der Waals surface area contributed by atoms with Gasteiger partial charge < -0.3 is 14.2 Å². The van der Waals surface area contributed by atoms with E-state index in [-0.39, 0.29) is 17.7 Å². The van der Waals surface area contributed by atoms with E-state index in [9.17, 15) is 9.59 Å². The summed E-state index contributed by atoms with van der Waals surface area (Å²) in [6, 6.07) is 3.67. The van der Waals surface area contributed by atoms with Gasteiger partial charge in [-0.25, -0.2) is 0 Å². The molecule has 1 unspecified atom stereocenters. The van der Waals surface area contributed by atoms with Crippen LogP contribution in [0.15, 0.2) is 22.8 Å². The molecule has 2 aliphatic rings. The van der Waals surface area contributed by atoms with Crippen molar-refractivity contribution in [1.82, 2.24) is 9.80 Å². The van der Waals surface area contributed by atoms with E-state index in [4.69, 9.17) is 4.42 Å². The van der Waals surface area contributed by atoms with Gasteiger partial charge in [-0.15, -0.1) is 0 Å². The number of hydrogen-bond donors (Lipinski definition) is 0. The fourth-order valence-electron chi connectivity index (χ4n) is 3.17. The molecular weight excluding hydrogens is 268 g/mol. The third-order valence-corrected chi connectivity index (χ3v) is 4.59. The van der Waals surface area contributed by atoms with E-state index in [2.05, 4.69) is 6.92 Å². The summed E-state index contributed by atoms with van der Waals surface area (Å²) >= 11 is 0. The quantitative estimate of drug-likeness (QED) is 0.854. The summed E-state index contributed by atoms with van der Waals surface area (Å²) in [7, 11) is 0. The van der Waals surface area contributed by atoms with Crippen molar-refractivity contribution in [2.75, 3.05) is 19.6 Å². The summed E-state index contributed by atoms with van der Waals surface area (Å²) in [5.74, 6) is 1.49. The molecule has 2 amide bonds. The van der Waals surface area contributed by atoms with Crippen molar-refractivity contribution in [3.63, 3.8) is 0 Å². The summed E-state index contributed by atoms with van der Waals surface area (Å²) in [6.45, 7) is 4.88. The number of carbonyl (C=O) groups excluding carboxylic acids is 2. The van der Waals surface area contributed by atoms with Crippen LogP contribution in [0, 0.1) is 11.8 Å². The van der Waals surface area contributed by atoms with Gasteiger partial charge in [0.25, 0.3) is 0 Å². The minimum Gasteiger partial charge on any atom is -0.467 e. The normalized spacial score (nSPS) is 23.9. The summed E-state index contributed by atoms with van der Waals surface area (Å²) in [4.78, 5) is 28.3. The Hall–Kier alpha value is -1.78. The van der Waals surface area contributed by atoms with Crippen molar-refractivity contribution in [3.8, 4) is 0 Å². The predicted molar refractivity (Wildman–Crippen MR) is 77.2 cm³/mol. The van der Waals surface area contributed by atoms with Crippen molar-refractivity contribution in [1.29, 1.82) is 0 Å². The number of nitrogens with zero attached hydrogens (tertiary/aromatic N) is 2. The highest BCUT2D eigenvalue weighted by molar-refractivity contribution is 5.89. The van der Waals surface area contributed by atoms with Crippen molar-refractivity contribution >= 4 is 11.8 Å². The maximum atomic E-state index is 12.5. The zero-order valence-electron chi connectivity index (χ0n) is 12.5. The summed E-state index contributed by atoms with van der Waals surface area (Å²) < 4.78 is 5.28. The highest BCUT2D eigenvalue weighted by Crippen LogP contribution is 2.25. The molecule has 0 radical (unpaired) electrons. The molecule has 0 aliphatic carbocycles. The molecule has 1 atom stereocenters. The molecule has 3 rings (SSSR count). The lowest BCUT2D eigenvalue weighted by molar-refractivity contribution is -0.137. The minimum atomic E-state index is -0.180. The van der Waals surface area contributed by atoms with Gasteiger partial charge in [0.1, 0.15) is 5.76 Å². The van der Waals surface area contributed by atoms with E-state index in [1.807, 2.05) is 17.0 Å². The first kappa shape index (κ1) is 14.2. The predicted octanol–water partition coefficient (Wildman–Crippen LogP) is 1.89. The number of amides is 2. The molecule has 0 N–H and O–H groups in total. The van der Waals surface area contributed by atoms with Gasteiger partial charge in [-0.1, -0.05) is 6.92 Å². The monoisotopic (exact) mass is 290 g/mol. The number of rotatable bonds is 3. The van der Waals surface area contributed by atoms with Gasteiger partial charge >= 0.3 is 0 Å². The van der Waals surface area contributed by atoms with Gasteiger partial charge in [-0.3, -0.25) is 9.59 Å². The molecule has 2 aliphatic heterocycles. The van der Waals surface area contributed by atoms with E-state index in [0.717, 1.165) is 31.7 Å². The number of hydrogen-bond acceptors (Lipinski definition) is 3. The van der Waals surface area contributed by atoms with Gasteiger partial charge in [0.15, 0.2) is 0 Å². The van der Waals surface area contributed by atoms with Gasteiger partial charge in [0.05, 0.1) is 18.7 Å². The second-order valence-electron chi connectivity index (χ2n) is 6.26. The Morgan fingerprint density at radius 1 is 1.38 bits per heavy atom. The second kappa shape index (κ2) is 5.92. The Balaban J connectivity index is 1.57. The number of piperidine rings is 1. The zero-order chi connectivity index (χ0) is 14.8. The third kappa shape index (κ3) is 3.12. The third-order valence-electron chi connectivity index (χ3n) is 4.59. The van der Waals surface area contributed by atoms with Crippen LogP contribution in [0.1, 0.15) is 31.9 Å². The Morgan fingerprint density at radius 3 is 2.81 bits per heavy atom. The zero-order valence-corrected chi connectivity index (χ0v) is 12.5. The molecule has 2 saturated heterocycles. The standard InChI is InChI=1S/C16H22N2O3/c1-12-4-6-17(7-5-12)16(20)13-9-15(19)18(10-13)11-14-3-2-8-21-14/h2-3,8,12-13H,4-7,9-11H2,1H3. The number of furan rings is 1. The van der Waals surface area contributed by atoms with Crippen LogP contribution in [-0.2, 0) is 16.1 Å². The molecule has 2 fully saturated rings. The molecule has 1 aromatic rings. The lowest BCUT2D eigenvalue weighted by Gasteiger charge is -2.32. The lowest BCUT2D eigenvalue weighted by atomic mass is 9.97. The maximum Gasteiger partial charge on any atom is 0.227 e. The SMILES string of the molecule is CC1CCN(C(=O)C2CC(=O)N(Cc3ccco3)C2)CC1. The van der Waals surface area contributed by atoms with Crippen LogP contribution in [0.3, 0.4) is 0 Å². The lowest BCUT2D eigenvalue weighted by Crippen LogP contribution is -2.42. The molecule has 0 spiro atoms. The van der Waals surface area contributed by atoms with Crippen molar-refractivity contribution in [2.24, 2.45) is 11.8 Å². The first-order valence-corrected chi connectivity index (χ1v) is 7.72. The van der Waals surface area contributed by atoms with Gasteiger partial charge in [0.2, 0.25) is 11.8 Å². The smallest absolute Gasteiger partial charge is 0.227 e. The van der Waals surface area contributed by atoms with Crippen LogP contribution in [0.4, 0.5) is 0 Å². The molecule has 1 aromatic heterocycles. The van der Waals surface area contributed by atoms with E-state index in [0.29, 0.717) is 25.4 Å². The van der Waals surface area contributed by atoms with Gasteiger partial charge in [0, 0.05) is 26.1 Å². The van der Waals surface area contributed by atoms with Crippen LogP contribution >= 0.6 is 0 Å². The molecule has 0 bridgehead atoms. The van der Waals surface area contributed by atoms with E-state index >= 15 is 0 Å². The molecule has 5 nitrogen and oxygen atoms in total. The highest BCUT2D eigenvalue weighted by Gasteiger charge is 2.37. The molecule has 5 heteroatoms. The van der Waals surface area contributed by atoms with E-state index < -0.39 is 0 Å². The van der Waals surface area contributed by atoms with E-state index in [1.54, 1.807) is 11.2 Å². The van der Waals surface area contributed by atoms with Crippen molar-refractivity contribution in [2.45, 2.75) is 32.7 Å². The molecule has 0 aromatic carbocycles. The van der Waals surface area contributed by atoms with Crippen LogP contribution in [0.5, 0.6) is 0 Å². The highest BCUT2D eigenvalue weighted by atomic mass is 16.3. The molecule has 3 heterocycles. The van der Waals surface area contributed by atoms with Crippen molar-refractivity contribution < 1.29 is 14.0 Å². The van der Waals surface area contributed by atoms with Crippen LogP contribution in [-0.4, -0.2) is 41.2 Å². The number of carbonyl (C=O) groups is 2. The molecular formula is C16H22N2O3. The molecule has 0 saturated carbocycles. The second-order valence-corrected chi connectivity index (χ2v) is 6.26. The Morgan fingerprint density at radius 2 is 2.14 bits per heavy atom. The van der Waals surface area contributed by atoms with Gasteiger partial charge in [-0.2, -0.15) is 0 Å². The summed E-state index contributed by atoms with van der Waals surface area (Å²) in [5, 5.41) is 0. The average Bonchev–Trinajstić information content (AvgIpc) is 3.10. The van der Waals surface area contributed by atoms with Crippen molar-refractivity contribution in [3.05, 3.63) is 24.2 Å². The maximum absolute atomic E-state index is 12.5. The largest absolute Gasteiger partial charge is 0.467 e. The van der Waals surface area contributed by atoms with E-state index in [1.165, 1.54) is 0 Å². The van der Waals surface area contributed by atoms with Crippen LogP contribution in [0.2, 0.25) is 0 Å². The minimum absolute atomic E-state index is 0.0510. The van der Waals surface area contributed by atoms with Crippen LogP contribution < -0.4 is 0 Å².